The molecule has 7 aromatic rings. The van der Waals surface area contributed by atoms with Crippen LogP contribution >= 0.6 is 11.8 Å². The summed E-state index contributed by atoms with van der Waals surface area (Å²) in [6.07, 6.45) is 1.65. The highest BCUT2D eigenvalue weighted by molar-refractivity contribution is 8.00. The van der Waals surface area contributed by atoms with E-state index < -0.39 is 186 Å². The Hall–Kier alpha value is -13.1. The number of thioether (sulfide) groups is 1. The van der Waals surface area contributed by atoms with E-state index in [1.807, 2.05) is 6.92 Å². The van der Waals surface area contributed by atoms with Gasteiger partial charge in [-0.3, -0.25) is 71.9 Å². The summed E-state index contributed by atoms with van der Waals surface area (Å²) in [5.41, 5.74) is 9.35. The minimum atomic E-state index is -1.59. The molecule has 33 nitrogen and oxygen atoms in total. The molecule has 672 valence electrons. The number of aromatic nitrogens is 1. The van der Waals surface area contributed by atoms with E-state index in [0.29, 0.717) is 57.1 Å². The van der Waals surface area contributed by atoms with E-state index in [1.54, 1.807) is 156 Å². The fourth-order valence-electron chi connectivity index (χ4n) is 15.3. The summed E-state index contributed by atoms with van der Waals surface area (Å²) in [5.74, 6) is -14.6. The molecule has 0 saturated carbocycles. The van der Waals surface area contributed by atoms with Gasteiger partial charge in [-0.25, -0.2) is 0 Å². The molecule has 2 aliphatic heterocycles. The second-order valence-electron chi connectivity index (χ2n) is 32.7. The molecule has 0 radical (unpaired) electrons. The van der Waals surface area contributed by atoms with Crippen molar-refractivity contribution in [3.8, 4) is 11.5 Å². The number of anilines is 1. The lowest BCUT2D eigenvalue weighted by Gasteiger charge is -2.37. The third kappa shape index (κ3) is 26.9. The topological polar surface area (TPSA) is 463 Å². The van der Waals surface area contributed by atoms with Crippen LogP contribution in [0.3, 0.4) is 0 Å². The molecule has 0 unspecified atom stereocenters. The third-order valence-electron chi connectivity index (χ3n) is 22.3. The Balaban J connectivity index is 1.10. The van der Waals surface area contributed by atoms with E-state index in [9.17, 15) is 43.8 Å². The number of fused-ring (bicyclic) bond motifs is 5. The van der Waals surface area contributed by atoms with Crippen molar-refractivity contribution in [1.29, 1.82) is 0 Å². The van der Waals surface area contributed by atoms with E-state index in [0.717, 1.165) is 26.5 Å². The second-order valence-corrected chi connectivity index (χ2v) is 33.8. The lowest BCUT2D eigenvalue weighted by Crippen LogP contribution is -2.62. The summed E-state index contributed by atoms with van der Waals surface area (Å²) in [4.78, 5) is 231. The van der Waals surface area contributed by atoms with Crippen LogP contribution in [0.4, 0.5) is 5.69 Å². The van der Waals surface area contributed by atoms with Crippen LogP contribution in [0, 0.1) is 11.8 Å². The fraction of sp³-hybridized carbons (Fsp3) is 0.424. The number of rotatable bonds is 20. The number of carbonyl (C=O) groups is 15. The van der Waals surface area contributed by atoms with Crippen molar-refractivity contribution >= 4 is 117 Å². The summed E-state index contributed by atoms with van der Waals surface area (Å²) in [7, 11) is 5.57. The summed E-state index contributed by atoms with van der Waals surface area (Å²) in [5, 5.41) is 46.6. The molecular weight excluding hydrogens is 1630 g/mol. The van der Waals surface area contributed by atoms with Crippen LogP contribution in [0.5, 0.6) is 11.5 Å². The van der Waals surface area contributed by atoms with Crippen molar-refractivity contribution < 1.29 is 82.1 Å². The first-order valence-corrected chi connectivity index (χ1v) is 43.4. The highest BCUT2D eigenvalue weighted by Crippen LogP contribution is 2.33. The standard InChI is InChI=1S/C92H116N16O17S/c1-11-13-33-73-90(123)104(7)50-78(112)96-65(12-2)83(116)103-81(55(5)6)92(125)106(9)75(43-57-27-19-15-20-28-57)87(120)101-71-45-60-36-39-63(110)47-74(60)108(89(71)122)51-79(113)97-69(46-61-48-94-66-32-24-23-31-64(61)66)86(119)100-68(41-59-34-37-62(109)38-35-59)85(118)99-67(40-54(3)4)84(117)102-72(82(115)95-49-77(93)111)52-126-53-80(114)98-70(42-56-25-17-14-18-26-56)88(121)107(10)76(91(124)105(73)8)44-58-29-21-16-22-30-58/h14-32,34-39,47-48,54-55,65,67-73,75-76,81,94,109-110H,11-13,33,40-46,49-53H2,1-10H3,(H2,93,111)(H,95,115)(H,96,112)(H,97,113)(H,98,114)(H,99,118)(H,100,119)(H,101,120)(H,102,117)(H,103,116)/t65-,67-,68-,69-,70-,71-,72-,73-,75-,76-,81-/m0/s1. The van der Waals surface area contributed by atoms with Gasteiger partial charge < -0.3 is 93.3 Å². The minimum Gasteiger partial charge on any atom is -0.508 e. The van der Waals surface area contributed by atoms with Crippen molar-refractivity contribution in [1.82, 2.24) is 72.4 Å². The van der Waals surface area contributed by atoms with Crippen molar-refractivity contribution in [3.05, 3.63) is 197 Å². The zero-order valence-electron chi connectivity index (χ0n) is 72.6. The number of para-hydroxylation sites is 1. The van der Waals surface area contributed by atoms with Gasteiger partial charge in [0.25, 0.3) is 0 Å². The average molecular weight is 1750 g/mol. The van der Waals surface area contributed by atoms with E-state index in [-0.39, 0.29) is 86.6 Å². The molecule has 9 rings (SSSR count). The van der Waals surface area contributed by atoms with Crippen molar-refractivity contribution in [2.24, 2.45) is 17.6 Å². The molecule has 1 aromatic heterocycles. The van der Waals surface area contributed by atoms with Gasteiger partial charge in [0, 0.05) is 95.6 Å². The molecule has 2 bridgehead atoms. The normalized spacial score (nSPS) is 22.4. The number of phenolic OH excluding ortho intramolecular Hbond substituents is 2. The molecule has 1 fully saturated rings. The second kappa shape index (κ2) is 46.0. The number of carbonyl (C=O) groups excluding carboxylic acids is 15. The Morgan fingerprint density at radius 2 is 1.02 bits per heavy atom. The predicted octanol–water partition coefficient (Wildman–Crippen LogP) is 3.15. The van der Waals surface area contributed by atoms with Crippen LogP contribution in [0.2, 0.25) is 0 Å². The minimum absolute atomic E-state index is 0.00799. The van der Waals surface area contributed by atoms with Crippen LogP contribution in [-0.4, -0.2) is 249 Å². The first-order valence-electron chi connectivity index (χ1n) is 42.3. The Kier molecular flexibility index (Phi) is 35.3. The van der Waals surface area contributed by atoms with Gasteiger partial charge in [-0.15, -0.1) is 11.8 Å². The molecular formula is C92H116N16O17S. The first-order chi connectivity index (χ1) is 60.1. The molecule has 34 heteroatoms. The highest BCUT2D eigenvalue weighted by Gasteiger charge is 2.43. The Labute approximate surface area is 737 Å². The summed E-state index contributed by atoms with van der Waals surface area (Å²) in [6.45, 7) is 8.24. The van der Waals surface area contributed by atoms with E-state index in [4.69, 9.17) is 5.73 Å². The number of likely N-dealkylation sites (N-methyl/N-ethyl adjacent to an activating group) is 4. The number of H-pyrrole nitrogens is 1. The number of phenols is 2. The molecule has 15 amide bonds. The predicted molar refractivity (Wildman–Crippen MR) is 475 cm³/mol. The van der Waals surface area contributed by atoms with E-state index in [2.05, 4.69) is 52.8 Å². The monoisotopic (exact) mass is 1750 g/mol. The molecule has 11 atom stereocenters. The maximum atomic E-state index is 15.5. The molecule has 126 heavy (non-hydrogen) atoms. The van der Waals surface area contributed by atoms with Gasteiger partial charge in [0.15, 0.2) is 0 Å². The highest BCUT2D eigenvalue weighted by atomic mass is 32.2. The summed E-state index contributed by atoms with van der Waals surface area (Å²) >= 11 is 0.850. The van der Waals surface area contributed by atoms with Gasteiger partial charge in [0.05, 0.1) is 24.5 Å². The van der Waals surface area contributed by atoms with Gasteiger partial charge in [0.2, 0.25) is 88.6 Å². The number of benzene rings is 6. The van der Waals surface area contributed by atoms with Crippen LogP contribution in [0.15, 0.2) is 164 Å². The van der Waals surface area contributed by atoms with Gasteiger partial charge in [-0.1, -0.05) is 182 Å². The van der Waals surface area contributed by atoms with Crippen molar-refractivity contribution in [2.75, 3.05) is 64.2 Å². The Morgan fingerprint density at radius 1 is 0.500 bits per heavy atom. The zero-order valence-corrected chi connectivity index (χ0v) is 73.5. The van der Waals surface area contributed by atoms with Gasteiger partial charge in [-0.05, 0) is 88.7 Å². The molecule has 6 aromatic carbocycles. The molecule has 1 saturated heterocycles. The van der Waals surface area contributed by atoms with Gasteiger partial charge in [-0.2, -0.15) is 0 Å². The number of hydrogen-bond acceptors (Lipinski definition) is 18. The smallest absolute Gasteiger partial charge is 0.250 e. The number of primary amides is 1. The van der Waals surface area contributed by atoms with Gasteiger partial charge >= 0.3 is 0 Å². The van der Waals surface area contributed by atoms with Crippen LogP contribution < -0.4 is 58.5 Å². The molecule has 0 aliphatic carbocycles. The third-order valence-corrected chi connectivity index (χ3v) is 23.3. The fourth-order valence-corrected chi connectivity index (χ4v) is 16.2. The number of amides is 15. The molecule has 3 heterocycles. The number of nitrogens with one attached hydrogen (secondary N) is 10. The van der Waals surface area contributed by atoms with Crippen molar-refractivity contribution in [3.63, 3.8) is 0 Å². The summed E-state index contributed by atoms with van der Waals surface area (Å²) < 4.78 is 0. The van der Waals surface area contributed by atoms with Crippen LogP contribution in [0.1, 0.15) is 107 Å². The van der Waals surface area contributed by atoms with Crippen LogP contribution in [0.25, 0.3) is 10.9 Å². The van der Waals surface area contributed by atoms with E-state index in [1.165, 1.54) is 80.5 Å². The van der Waals surface area contributed by atoms with Crippen molar-refractivity contribution in [2.45, 2.75) is 179 Å². The number of nitrogens with zero attached hydrogens (tertiary/aromatic N) is 5. The zero-order chi connectivity index (χ0) is 91.6. The maximum absolute atomic E-state index is 15.5. The largest absolute Gasteiger partial charge is 0.508 e. The number of unbranched alkanes of at least 4 members (excludes halogenated alkanes) is 1. The average Bonchev–Trinajstić information content (AvgIpc) is 0.863. The molecule has 2 aliphatic rings. The Bertz CT molecular complexity index is 5020. The summed E-state index contributed by atoms with van der Waals surface area (Å²) in [6, 6.07) is 27.6. The lowest BCUT2D eigenvalue weighted by atomic mass is 9.95. The number of hydrogen-bond donors (Lipinski definition) is 13. The number of aromatic hydroxyl groups is 2. The number of aromatic amines is 1. The molecule has 14 N–H and O–H groups in total. The first kappa shape index (κ1) is 96.7. The maximum Gasteiger partial charge on any atom is 0.250 e. The van der Waals surface area contributed by atoms with E-state index >= 15 is 38.4 Å². The quantitative estimate of drug-likeness (QED) is 0.0521. The SMILES string of the molecule is CCCC[C@H]1C(=O)N(C)CC(=O)N[C@@H](CC)C(=O)N[C@@H](C(C)C)C(=O)N(C)[C@@H](Cc2ccccc2)C(=O)N[C@H]2Cc3ccc(O)cc3N(CC(=O)N[C@@H](Cc3c[nH]c4ccccc34)C(=O)N[C@@H](Cc3ccc(O)cc3)C(=O)N[C@@H](CC(C)C)C(=O)N[C@H](C(=O)NCC(N)=O)CSCC(=O)N[C@@H](Cc3ccccc3)C(=O)N(C)[C@@H](Cc3ccccc3)C(=O)N1C)C2=O. The van der Waals surface area contributed by atoms with Crippen LogP contribution in [-0.2, 0) is 110 Å². The molecule has 0 spiro atoms. The van der Waals surface area contributed by atoms with Gasteiger partial charge in [0.1, 0.15) is 84.5 Å². The lowest BCUT2D eigenvalue weighted by molar-refractivity contribution is -0.151. The number of nitrogens with two attached hydrogens (primary N) is 1. The Morgan fingerprint density at radius 3 is 1.63 bits per heavy atom.